The maximum absolute atomic E-state index is 6.74. The molecule has 0 fully saturated rings. The second kappa shape index (κ2) is 16.1. The molecule has 2 unspecified atom stereocenters. The van der Waals surface area contributed by atoms with Crippen LogP contribution < -0.4 is 4.57 Å². The van der Waals surface area contributed by atoms with Gasteiger partial charge in [-0.2, -0.15) is 4.57 Å². The molecule has 4 aromatic rings. The Kier molecular flexibility index (Phi) is 12.4. The highest BCUT2D eigenvalue weighted by molar-refractivity contribution is 6.40. The summed E-state index contributed by atoms with van der Waals surface area (Å²) in [7, 11) is 13.5. The maximum Gasteiger partial charge on any atom is 0.227 e. The van der Waals surface area contributed by atoms with Gasteiger partial charge in [0, 0.05) is 53.4 Å². The average molecular weight is 649 g/mol. The normalized spacial score (nSPS) is 15.9. The minimum Gasteiger partial charge on any atom is -0.437 e. The number of nitrogens with zero attached hydrogens (tertiary/aromatic N) is 3. The van der Waals surface area contributed by atoms with Gasteiger partial charge >= 0.3 is 0 Å². The first-order chi connectivity index (χ1) is 23.3. The van der Waals surface area contributed by atoms with Crippen LogP contribution in [0.2, 0.25) is 0 Å². The van der Waals surface area contributed by atoms with E-state index in [1.807, 2.05) is 46.0 Å². The summed E-state index contributed by atoms with van der Waals surface area (Å²) >= 11 is 0. The number of aryl methyl sites for hydroxylation is 2. The first kappa shape index (κ1) is 37.7. The Morgan fingerprint density at radius 3 is 2.51 bits per heavy atom. The molecule has 0 spiro atoms. The molecule has 1 aliphatic rings. The lowest BCUT2D eigenvalue weighted by atomic mass is 9.41. The van der Waals surface area contributed by atoms with Crippen molar-refractivity contribution in [1.29, 1.82) is 0 Å². The van der Waals surface area contributed by atoms with Gasteiger partial charge < -0.3 is 4.42 Å². The molecule has 2 atom stereocenters. The Balaban J connectivity index is 0.000000302. The number of pyridine rings is 2. The predicted molar refractivity (Wildman–Crippen MR) is 210 cm³/mol. The highest BCUT2D eigenvalue weighted by Crippen LogP contribution is 2.40. The van der Waals surface area contributed by atoms with Gasteiger partial charge in [0.1, 0.15) is 0 Å². The number of hydrogen-bond acceptors (Lipinski definition) is 3. The van der Waals surface area contributed by atoms with Crippen molar-refractivity contribution in [2.24, 2.45) is 16.3 Å². The number of rotatable bonds is 8. The molecule has 250 valence electrons. The van der Waals surface area contributed by atoms with E-state index in [9.17, 15) is 0 Å². The number of aromatic nitrogens is 2. The molecular formula is C43H52B2N3O+. The summed E-state index contributed by atoms with van der Waals surface area (Å²) < 4.78 is 8.82. The van der Waals surface area contributed by atoms with Crippen molar-refractivity contribution in [3.63, 3.8) is 0 Å². The molecule has 0 bridgehead atoms. The van der Waals surface area contributed by atoms with E-state index in [0.717, 1.165) is 75.8 Å². The van der Waals surface area contributed by atoms with Gasteiger partial charge in [0.05, 0.1) is 27.2 Å². The molecule has 0 amide bonds. The minimum atomic E-state index is -0.984. The lowest BCUT2D eigenvalue weighted by Gasteiger charge is -2.40. The molecule has 6 heteroatoms. The molecule has 0 N–H and O–H groups in total. The van der Waals surface area contributed by atoms with E-state index >= 15 is 0 Å². The number of fused-ring (bicyclic) bond motifs is 3. The van der Waals surface area contributed by atoms with Crippen LogP contribution >= 0.6 is 0 Å². The maximum atomic E-state index is 6.74. The Labute approximate surface area is 297 Å². The Hall–Kier alpha value is -4.10. The molecule has 3 aromatic heterocycles. The average Bonchev–Trinajstić information content (AvgIpc) is 3.43. The minimum absolute atomic E-state index is 0.314. The highest BCUT2D eigenvalue weighted by Gasteiger charge is 2.36. The lowest BCUT2D eigenvalue weighted by molar-refractivity contribution is -0.713. The summed E-state index contributed by atoms with van der Waals surface area (Å²) in [6, 6.07) is 13.1. The largest absolute Gasteiger partial charge is 0.437 e. The molecule has 4 radical (unpaired) electrons. The summed E-state index contributed by atoms with van der Waals surface area (Å²) in [5.74, 6) is 6.51. The van der Waals surface area contributed by atoms with Crippen LogP contribution in [0, 0.1) is 37.0 Å². The van der Waals surface area contributed by atoms with Crippen LogP contribution in [0.15, 0.2) is 88.1 Å². The molecule has 5 rings (SSSR count). The molecule has 1 aromatic carbocycles. The van der Waals surface area contributed by atoms with Crippen LogP contribution in [-0.4, -0.2) is 26.4 Å². The van der Waals surface area contributed by atoms with Crippen molar-refractivity contribution in [3.8, 4) is 23.1 Å². The molecule has 49 heavy (non-hydrogen) atoms. The third-order valence-corrected chi connectivity index (χ3v) is 9.61. The molecular weight excluding hydrogens is 596 g/mol. The van der Waals surface area contributed by atoms with Crippen molar-refractivity contribution in [2.45, 2.75) is 106 Å². The van der Waals surface area contributed by atoms with Crippen molar-refractivity contribution in [2.75, 3.05) is 0 Å². The monoisotopic (exact) mass is 648 g/mol. The van der Waals surface area contributed by atoms with Gasteiger partial charge in [0.2, 0.25) is 11.4 Å². The van der Waals surface area contributed by atoms with E-state index in [2.05, 4.69) is 123 Å². The summed E-state index contributed by atoms with van der Waals surface area (Å²) in [5.41, 5.74) is 8.69. The molecule has 1 aliphatic carbocycles. The standard InChI is InChI=1S/C29H35B2N2O.C14H17N/c1-8-10-21(9-2)33-16-15-20(29(30,31)28(5,6)7)17-24(33)25-18(3)11-13-22-23-14-12-19(4)32-27(23)34-26(22)25;1-4-8-13-9-6-7-10-14(13)12(3)15-11-5-2/h11-17,21H,8-10H2,1-7H3;5-7,10-11,13H,9H2,1-3H3/q+1;/b;11-5-,15-12?. The van der Waals surface area contributed by atoms with Gasteiger partial charge in [-0.05, 0) is 81.7 Å². The van der Waals surface area contributed by atoms with Gasteiger partial charge in [0.25, 0.3) is 0 Å². The zero-order chi connectivity index (χ0) is 35.9. The second-order valence-corrected chi connectivity index (χ2v) is 14.1. The van der Waals surface area contributed by atoms with Crippen molar-refractivity contribution >= 4 is 43.5 Å². The van der Waals surface area contributed by atoms with Gasteiger partial charge in [-0.25, -0.2) is 4.98 Å². The fourth-order valence-electron chi connectivity index (χ4n) is 6.40. The zero-order valence-corrected chi connectivity index (χ0v) is 31.3. The van der Waals surface area contributed by atoms with Crippen LogP contribution in [0.3, 0.4) is 0 Å². The zero-order valence-electron chi connectivity index (χ0n) is 31.3. The van der Waals surface area contributed by atoms with Gasteiger partial charge in [0.15, 0.2) is 17.8 Å². The predicted octanol–water partition coefficient (Wildman–Crippen LogP) is 10.3. The summed E-state index contributed by atoms with van der Waals surface area (Å²) in [4.78, 5) is 9.02. The van der Waals surface area contributed by atoms with E-state index in [1.165, 1.54) is 5.57 Å². The molecule has 0 aliphatic heterocycles. The van der Waals surface area contributed by atoms with E-state index in [0.29, 0.717) is 17.7 Å². The van der Waals surface area contributed by atoms with Crippen LogP contribution in [0.1, 0.15) is 104 Å². The third-order valence-electron chi connectivity index (χ3n) is 9.61. The summed E-state index contributed by atoms with van der Waals surface area (Å²) in [6.07, 6.45) is 16.5. The quantitative estimate of drug-likeness (QED) is 0.0826. The SMILES string of the molecule is CC#CC1CC=CC=C1C(C)=N/C=C\C.[B]C([B])(c1cc[n+](C(CC)CCC)c(-c2c(C)ccc3c2oc2nc(C)ccc23)c1)C(C)(C)C. The van der Waals surface area contributed by atoms with Crippen LogP contribution in [0.5, 0.6) is 0 Å². The van der Waals surface area contributed by atoms with Crippen LogP contribution in [0.4, 0.5) is 0 Å². The van der Waals surface area contributed by atoms with E-state index in [4.69, 9.17) is 20.1 Å². The number of hydrogen-bond donors (Lipinski definition) is 0. The van der Waals surface area contributed by atoms with Crippen LogP contribution in [-0.2, 0) is 5.21 Å². The molecule has 0 saturated carbocycles. The number of furan rings is 1. The smallest absolute Gasteiger partial charge is 0.227 e. The van der Waals surface area contributed by atoms with Crippen LogP contribution in [0.25, 0.3) is 33.3 Å². The molecule has 0 saturated heterocycles. The van der Waals surface area contributed by atoms with Crippen molar-refractivity contribution in [1.82, 2.24) is 4.98 Å². The van der Waals surface area contributed by atoms with Gasteiger partial charge in [-0.1, -0.05) is 82.2 Å². The number of aliphatic imine (C=N–C) groups is 1. The number of benzene rings is 1. The Morgan fingerprint density at radius 2 is 1.86 bits per heavy atom. The summed E-state index contributed by atoms with van der Waals surface area (Å²) in [6.45, 7) is 20.7. The topological polar surface area (TPSA) is 42.3 Å². The Bertz CT molecular complexity index is 1980. The lowest BCUT2D eigenvalue weighted by Crippen LogP contribution is -2.45. The fraction of sp³-hybridized carbons (Fsp3) is 0.419. The summed E-state index contributed by atoms with van der Waals surface area (Å²) in [5, 5.41) is 1.12. The Morgan fingerprint density at radius 1 is 1.12 bits per heavy atom. The fourth-order valence-corrected chi connectivity index (χ4v) is 6.40. The van der Waals surface area contributed by atoms with E-state index in [-0.39, 0.29) is 5.41 Å². The van der Waals surface area contributed by atoms with Crippen molar-refractivity contribution in [3.05, 3.63) is 95.5 Å². The number of allylic oxidation sites excluding steroid dienone is 5. The molecule has 3 heterocycles. The van der Waals surface area contributed by atoms with E-state index < -0.39 is 5.21 Å². The first-order valence-corrected chi connectivity index (χ1v) is 17.7. The van der Waals surface area contributed by atoms with Gasteiger partial charge in [-0.3, -0.25) is 4.99 Å². The van der Waals surface area contributed by atoms with E-state index in [1.54, 1.807) is 0 Å². The van der Waals surface area contributed by atoms with Crippen molar-refractivity contribution < 1.29 is 8.98 Å². The highest BCUT2D eigenvalue weighted by atomic mass is 16.3. The first-order valence-electron chi connectivity index (χ1n) is 17.7. The third kappa shape index (κ3) is 8.21. The molecule has 4 nitrogen and oxygen atoms in total. The second-order valence-electron chi connectivity index (χ2n) is 14.1. The van der Waals surface area contributed by atoms with Gasteiger partial charge in [-0.15, -0.1) is 5.92 Å².